The summed E-state index contributed by atoms with van der Waals surface area (Å²) < 4.78 is 6.05. The van der Waals surface area contributed by atoms with Crippen molar-refractivity contribution >= 4 is 28.2 Å². The van der Waals surface area contributed by atoms with Crippen molar-refractivity contribution in [2.24, 2.45) is 0 Å². The van der Waals surface area contributed by atoms with Crippen LogP contribution in [0.15, 0.2) is 127 Å². The number of fused-ring (bicyclic) bond motifs is 1. The number of ketones is 1. The highest BCUT2D eigenvalue weighted by atomic mass is 16.5. The van der Waals surface area contributed by atoms with E-state index in [0.717, 1.165) is 16.3 Å². The standard InChI is InChI=1S/C33H24N2O4/c36-31(28-15-7-9-23-8-4-5-14-27(23)28)29-30(35(33(38)32(29)37)21-22-16-18-34-19-17-22)24-10-6-13-26(20-24)39-25-11-2-1-3-12-25/h1-20,30,36H,21H2/b31-29-. The Labute approximate surface area is 225 Å². The molecule has 1 N–H and O–H groups in total. The monoisotopic (exact) mass is 512 g/mol. The van der Waals surface area contributed by atoms with Crippen molar-refractivity contribution in [3.8, 4) is 11.5 Å². The van der Waals surface area contributed by atoms with Gasteiger partial charge in [0.15, 0.2) is 0 Å². The second kappa shape index (κ2) is 10.3. The van der Waals surface area contributed by atoms with Gasteiger partial charge in [-0.15, -0.1) is 0 Å². The van der Waals surface area contributed by atoms with Crippen LogP contribution in [0.5, 0.6) is 11.5 Å². The molecule has 0 radical (unpaired) electrons. The molecule has 1 unspecified atom stereocenters. The quantitative estimate of drug-likeness (QED) is 0.157. The van der Waals surface area contributed by atoms with Crippen molar-refractivity contribution < 1.29 is 19.4 Å². The van der Waals surface area contributed by atoms with Gasteiger partial charge in [-0.3, -0.25) is 14.6 Å². The van der Waals surface area contributed by atoms with E-state index in [2.05, 4.69) is 4.98 Å². The van der Waals surface area contributed by atoms with E-state index in [-0.39, 0.29) is 17.9 Å². The highest BCUT2D eigenvalue weighted by Crippen LogP contribution is 2.42. The molecule has 0 bridgehead atoms. The van der Waals surface area contributed by atoms with Crippen molar-refractivity contribution in [1.82, 2.24) is 9.88 Å². The highest BCUT2D eigenvalue weighted by Gasteiger charge is 2.46. The summed E-state index contributed by atoms with van der Waals surface area (Å²) >= 11 is 0. The molecule has 39 heavy (non-hydrogen) atoms. The number of nitrogens with zero attached hydrogens (tertiary/aromatic N) is 2. The lowest BCUT2D eigenvalue weighted by Gasteiger charge is -2.26. The Bertz CT molecular complexity index is 1710. The number of aliphatic hydroxyl groups is 1. The van der Waals surface area contributed by atoms with Crippen molar-refractivity contribution in [3.63, 3.8) is 0 Å². The number of amides is 1. The van der Waals surface area contributed by atoms with Crippen molar-refractivity contribution in [2.75, 3.05) is 0 Å². The van der Waals surface area contributed by atoms with Gasteiger partial charge in [-0.25, -0.2) is 0 Å². The average Bonchev–Trinajstić information content (AvgIpc) is 3.22. The van der Waals surface area contributed by atoms with Gasteiger partial charge in [0.25, 0.3) is 11.7 Å². The number of pyridine rings is 1. The summed E-state index contributed by atoms with van der Waals surface area (Å²) in [5, 5.41) is 13.4. The number of likely N-dealkylation sites (tertiary alicyclic amines) is 1. The minimum atomic E-state index is -0.823. The van der Waals surface area contributed by atoms with Crippen LogP contribution in [0.1, 0.15) is 22.7 Å². The molecule has 1 aromatic heterocycles. The van der Waals surface area contributed by atoms with Gasteiger partial charge in [-0.05, 0) is 58.3 Å². The number of benzene rings is 4. The molecular formula is C33H24N2O4. The maximum atomic E-state index is 13.6. The number of aliphatic hydroxyl groups excluding tert-OH is 1. The molecule has 6 heteroatoms. The summed E-state index contributed by atoms with van der Waals surface area (Å²) in [6.45, 7) is 0.174. The van der Waals surface area contributed by atoms with Crippen molar-refractivity contribution in [1.29, 1.82) is 0 Å². The fourth-order valence-corrected chi connectivity index (χ4v) is 5.02. The smallest absolute Gasteiger partial charge is 0.295 e. The zero-order valence-electron chi connectivity index (χ0n) is 20.9. The summed E-state index contributed by atoms with van der Waals surface area (Å²) in [7, 11) is 0. The van der Waals surface area contributed by atoms with E-state index in [1.807, 2.05) is 84.9 Å². The molecule has 1 amide bonds. The van der Waals surface area contributed by atoms with Gasteiger partial charge in [0.1, 0.15) is 17.3 Å². The Balaban J connectivity index is 1.50. The third-order valence-corrected chi connectivity index (χ3v) is 6.84. The van der Waals surface area contributed by atoms with Gasteiger partial charge in [-0.1, -0.05) is 72.8 Å². The number of carbonyl (C=O) groups excluding carboxylic acids is 2. The molecule has 1 fully saturated rings. The van der Waals surface area contributed by atoms with Crippen molar-refractivity contribution in [2.45, 2.75) is 12.6 Å². The Morgan fingerprint density at radius 2 is 1.49 bits per heavy atom. The summed E-state index contributed by atoms with van der Waals surface area (Å²) in [5.74, 6) is -0.391. The first-order chi connectivity index (χ1) is 19.1. The number of rotatable bonds is 6. The Hall–Kier alpha value is -5.23. The molecule has 0 aliphatic carbocycles. The summed E-state index contributed by atoms with van der Waals surface area (Å²) in [6, 6.07) is 32.6. The van der Waals surface area contributed by atoms with Gasteiger partial charge >= 0.3 is 0 Å². The number of para-hydroxylation sites is 1. The average molecular weight is 513 g/mol. The minimum absolute atomic E-state index is 0.0438. The van der Waals surface area contributed by atoms with Crippen molar-refractivity contribution in [3.05, 3.63) is 144 Å². The molecule has 2 heterocycles. The van der Waals surface area contributed by atoms with E-state index in [4.69, 9.17) is 4.74 Å². The molecule has 1 aliphatic heterocycles. The summed E-state index contributed by atoms with van der Waals surface area (Å²) in [4.78, 5) is 32.6. The first kappa shape index (κ1) is 24.1. The normalized spacial score (nSPS) is 16.5. The lowest BCUT2D eigenvalue weighted by atomic mass is 9.93. The van der Waals surface area contributed by atoms with Gasteiger partial charge in [-0.2, -0.15) is 0 Å². The van der Waals surface area contributed by atoms with Crippen LogP contribution in [0, 0.1) is 0 Å². The van der Waals surface area contributed by atoms with Crippen LogP contribution >= 0.6 is 0 Å². The molecule has 1 saturated heterocycles. The third-order valence-electron chi connectivity index (χ3n) is 6.84. The zero-order valence-corrected chi connectivity index (χ0v) is 20.9. The number of aromatic nitrogens is 1. The maximum Gasteiger partial charge on any atom is 0.295 e. The third kappa shape index (κ3) is 4.64. The molecule has 6 rings (SSSR count). The van der Waals surface area contributed by atoms with E-state index in [1.165, 1.54) is 4.90 Å². The van der Waals surface area contributed by atoms with Crippen LogP contribution in [-0.2, 0) is 16.1 Å². The van der Waals surface area contributed by atoms with E-state index in [0.29, 0.717) is 22.6 Å². The molecule has 6 nitrogen and oxygen atoms in total. The van der Waals surface area contributed by atoms with Gasteiger partial charge in [0.05, 0.1) is 11.6 Å². The number of ether oxygens (including phenoxy) is 1. The second-order valence-corrected chi connectivity index (χ2v) is 9.30. The van der Waals surface area contributed by atoms with Crippen LogP contribution in [-0.4, -0.2) is 26.7 Å². The van der Waals surface area contributed by atoms with Crippen LogP contribution in [0.2, 0.25) is 0 Å². The summed E-state index contributed by atoms with van der Waals surface area (Å²) in [6.07, 6.45) is 3.29. The fraction of sp³-hybridized carbons (Fsp3) is 0.0606. The van der Waals surface area contributed by atoms with Crippen LogP contribution in [0.3, 0.4) is 0 Å². The highest BCUT2D eigenvalue weighted by molar-refractivity contribution is 6.46. The second-order valence-electron chi connectivity index (χ2n) is 9.30. The Morgan fingerprint density at radius 1 is 0.795 bits per heavy atom. The first-order valence-corrected chi connectivity index (χ1v) is 12.6. The largest absolute Gasteiger partial charge is 0.507 e. The predicted octanol–water partition coefficient (Wildman–Crippen LogP) is 6.65. The SMILES string of the molecule is O=C1C(=O)N(Cc2ccncc2)C(c2cccc(Oc3ccccc3)c2)/C1=C(/O)c1cccc2ccccc12. The van der Waals surface area contributed by atoms with E-state index >= 15 is 0 Å². The molecule has 1 aliphatic rings. The predicted molar refractivity (Wildman–Crippen MR) is 149 cm³/mol. The summed E-state index contributed by atoms with van der Waals surface area (Å²) in [5.41, 5.74) is 2.01. The number of hydrogen-bond donors (Lipinski definition) is 1. The van der Waals surface area contributed by atoms with Crippen LogP contribution < -0.4 is 4.74 Å². The number of Topliss-reactive ketones (excluding diaryl/α,β-unsaturated/α-hetero) is 1. The molecule has 0 spiro atoms. The number of carbonyl (C=O) groups is 2. The molecular weight excluding hydrogens is 488 g/mol. The molecule has 4 aromatic carbocycles. The molecule has 5 aromatic rings. The molecule has 1 atom stereocenters. The van der Waals surface area contributed by atoms with Crippen LogP contribution in [0.25, 0.3) is 16.5 Å². The Morgan fingerprint density at radius 3 is 2.31 bits per heavy atom. The van der Waals surface area contributed by atoms with Crippen LogP contribution in [0.4, 0.5) is 0 Å². The lowest BCUT2D eigenvalue weighted by Crippen LogP contribution is -2.29. The van der Waals surface area contributed by atoms with Gasteiger partial charge in [0.2, 0.25) is 0 Å². The maximum absolute atomic E-state index is 13.6. The minimum Gasteiger partial charge on any atom is -0.507 e. The molecule has 190 valence electrons. The van der Waals surface area contributed by atoms with E-state index in [1.54, 1.807) is 36.7 Å². The Kier molecular flexibility index (Phi) is 6.35. The van der Waals surface area contributed by atoms with Gasteiger partial charge in [0, 0.05) is 24.5 Å². The fourth-order valence-electron chi connectivity index (χ4n) is 5.02. The first-order valence-electron chi connectivity index (χ1n) is 12.6. The van der Waals surface area contributed by atoms with Gasteiger partial charge < -0.3 is 14.7 Å². The lowest BCUT2D eigenvalue weighted by molar-refractivity contribution is -0.140. The van der Waals surface area contributed by atoms with E-state index < -0.39 is 17.7 Å². The number of hydrogen-bond acceptors (Lipinski definition) is 5. The van der Waals surface area contributed by atoms with E-state index in [9.17, 15) is 14.7 Å². The zero-order chi connectivity index (χ0) is 26.8. The topological polar surface area (TPSA) is 79.7 Å². The molecule has 0 saturated carbocycles.